The number of anilines is 1. The first-order chi connectivity index (χ1) is 13.4. The zero-order valence-corrected chi connectivity index (χ0v) is 16.4. The third kappa shape index (κ3) is 7.80. The van der Waals surface area contributed by atoms with Gasteiger partial charge in [0.15, 0.2) is 6.61 Å². The van der Waals surface area contributed by atoms with Crippen LogP contribution in [0, 0.1) is 0 Å². The number of benzene rings is 2. The number of ether oxygens (including phenoxy) is 1. The molecule has 1 atom stereocenters. The van der Waals surface area contributed by atoms with E-state index in [9.17, 15) is 14.4 Å². The van der Waals surface area contributed by atoms with Crippen LogP contribution in [0.25, 0.3) is 0 Å². The van der Waals surface area contributed by atoms with Crippen LogP contribution < -0.4 is 10.6 Å². The predicted molar refractivity (Wildman–Crippen MR) is 108 cm³/mol. The second-order valence-electron chi connectivity index (χ2n) is 6.27. The molecule has 2 rings (SSSR count). The second-order valence-corrected chi connectivity index (χ2v) is 6.71. The van der Waals surface area contributed by atoms with E-state index in [1.807, 2.05) is 37.3 Å². The van der Waals surface area contributed by atoms with Crippen molar-refractivity contribution in [1.29, 1.82) is 0 Å². The number of amides is 2. The molecule has 0 radical (unpaired) electrons. The molecule has 2 amide bonds. The molecule has 0 heterocycles. The quantitative estimate of drug-likeness (QED) is 0.623. The van der Waals surface area contributed by atoms with E-state index in [1.54, 1.807) is 24.3 Å². The summed E-state index contributed by atoms with van der Waals surface area (Å²) in [5.74, 6) is -1.11. The summed E-state index contributed by atoms with van der Waals surface area (Å²) in [5.41, 5.74) is 1.57. The zero-order chi connectivity index (χ0) is 20.4. The molecule has 2 N–H and O–H groups in total. The Bertz CT molecular complexity index is 811. The van der Waals surface area contributed by atoms with Crippen LogP contribution in [-0.2, 0) is 19.1 Å². The molecule has 0 bridgehead atoms. The van der Waals surface area contributed by atoms with Crippen molar-refractivity contribution >= 4 is 35.1 Å². The molecular formula is C21H23ClN2O4. The molecule has 0 aliphatic heterocycles. The molecule has 148 valence electrons. The first-order valence-electron chi connectivity index (χ1n) is 8.99. The molecule has 7 heteroatoms. The van der Waals surface area contributed by atoms with Gasteiger partial charge in [0.05, 0.1) is 6.04 Å². The molecule has 0 aliphatic carbocycles. The summed E-state index contributed by atoms with van der Waals surface area (Å²) in [4.78, 5) is 35.5. The maximum Gasteiger partial charge on any atom is 0.306 e. The standard InChI is InChI=1S/C21H23ClN2O4/c1-15(16-7-3-2-4-8-16)23-20(26)14-28-21(27)12-6-11-19(25)24-18-10-5-9-17(22)13-18/h2-5,7-10,13,15H,6,11-12,14H2,1H3,(H,23,26)(H,24,25)/t15-/m0/s1. The average molecular weight is 403 g/mol. The Morgan fingerprint density at radius 3 is 2.46 bits per heavy atom. The Kier molecular flexibility index (Phi) is 8.49. The van der Waals surface area contributed by atoms with E-state index in [4.69, 9.17) is 16.3 Å². The fourth-order valence-corrected chi connectivity index (χ4v) is 2.70. The minimum Gasteiger partial charge on any atom is -0.456 e. The lowest BCUT2D eigenvalue weighted by atomic mass is 10.1. The van der Waals surface area contributed by atoms with Crippen LogP contribution in [0.3, 0.4) is 0 Å². The molecule has 0 unspecified atom stereocenters. The van der Waals surface area contributed by atoms with Crippen LogP contribution in [0.1, 0.15) is 37.8 Å². The average Bonchev–Trinajstić information content (AvgIpc) is 2.67. The van der Waals surface area contributed by atoms with Crippen molar-refractivity contribution in [3.8, 4) is 0 Å². The summed E-state index contributed by atoms with van der Waals surface area (Å²) in [6.07, 6.45) is 0.552. The Labute approximate surface area is 169 Å². The molecular weight excluding hydrogens is 380 g/mol. The lowest BCUT2D eigenvalue weighted by molar-refractivity contribution is -0.148. The van der Waals surface area contributed by atoms with E-state index >= 15 is 0 Å². The summed E-state index contributed by atoms with van der Waals surface area (Å²) in [7, 11) is 0. The lowest BCUT2D eigenvalue weighted by Crippen LogP contribution is -2.31. The van der Waals surface area contributed by atoms with Crippen molar-refractivity contribution in [2.75, 3.05) is 11.9 Å². The fraction of sp³-hybridized carbons (Fsp3) is 0.286. The first kappa shape index (κ1) is 21.4. The largest absolute Gasteiger partial charge is 0.456 e. The molecule has 0 spiro atoms. The normalized spacial score (nSPS) is 11.4. The van der Waals surface area contributed by atoms with E-state index in [-0.39, 0.29) is 37.3 Å². The maximum absolute atomic E-state index is 11.9. The third-order valence-electron chi connectivity index (χ3n) is 3.93. The van der Waals surface area contributed by atoms with Crippen LogP contribution in [0.15, 0.2) is 54.6 Å². The Morgan fingerprint density at radius 1 is 1.00 bits per heavy atom. The number of carbonyl (C=O) groups is 3. The lowest BCUT2D eigenvalue weighted by Gasteiger charge is -2.14. The van der Waals surface area contributed by atoms with Crippen LogP contribution in [0.2, 0.25) is 5.02 Å². The van der Waals surface area contributed by atoms with Gasteiger partial charge in [-0.1, -0.05) is 48.0 Å². The minimum absolute atomic E-state index is 0.0600. The van der Waals surface area contributed by atoms with Crippen LogP contribution >= 0.6 is 11.6 Å². The van der Waals surface area contributed by atoms with Crippen molar-refractivity contribution in [3.63, 3.8) is 0 Å². The van der Waals surface area contributed by atoms with Crippen LogP contribution in [0.4, 0.5) is 5.69 Å². The summed E-state index contributed by atoms with van der Waals surface area (Å²) in [5, 5.41) is 6.00. The molecule has 28 heavy (non-hydrogen) atoms. The molecule has 0 saturated heterocycles. The monoisotopic (exact) mass is 402 g/mol. The molecule has 6 nitrogen and oxygen atoms in total. The number of nitrogens with one attached hydrogen (secondary N) is 2. The maximum atomic E-state index is 11.9. The minimum atomic E-state index is -0.516. The summed E-state index contributed by atoms with van der Waals surface area (Å²) < 4.78 is 4.96. The number of halogens is 1. The van der Waals surface area contributed by atoms with Gasteiger partial charge >= 0.3 is 5.97 Å². The van der Waals surface area contributed by atoms with Crippen molar-refractivity contribution in [3.05, 3.63) is 65.2 Å². The van der Waals surface area contributed by atoms with Gasteiger partial charge in [-0.2, -0.15) is 0 Å². The highest BCUT2D eigenvalue weighted by atomic mass is 35.5. The highest BCUT2D eigenvalue weighted by Gasteiger charge is 2.12. The fourth-order valence-electron chi connectivity index (χ4n) is 2.51. The summed E-state index contributed by atoms with van der Waals surface area (Å²) in [6, 6.07) is 16.1. The van der Waals surface area contributed by atoms with Gasteiger partial charge in [0, 0.05) is 23.6 Å². The van der Waals surface area contributed by atoms with Gasteiger partial charge in [-0.15, -0.1) is 0 Å². The zero-order valence-electron chi connectivity index (χ0n) is 15.6. The van der Waals surface area contributed by atoms with E-state index in [0.717, 1.165) is 5.56 Å². The van der Waals surface area contributed by atoms with Crippen molar-refractivity contribution in [2.24, 2.45) is 0 Å². The predicted octanol–water partition coefficient (Wildman–Crippen LogP) is 3.87. The molecule has 0 aliphatic rings. The van der Waals surface area contributed by atoms with Crippen LogP contribution in [0.5, 0.6) is 0 Å². The van der Waals surface area contributed by atoms with Crippen molar-refractivity contribution < 1.29 is 19.1 Å². The summed E-state index contributed by atoms with van der Waals surface area (Å²) in [6.45, 7) is 1.51. The molecule has 2 aromatic rings. The SMILES string of the molecule is C[C@H](NC(=O)COC(=O)CCCC(=O)Nc1cccc(Cl)c1)c1ccccc1. The van der Waals surface area contributed by atoms with Gasteiger partial charge in [-0.3, -0.25) is 14.4 Å². The Morgan fingerprint density at radius 2 is 1.75 bits per heavy atom. The topological polar surface area (TPSA) is 84.5 Å². The molecule has 0 saturated carbocycles. The molecule has 2 aromatic carbocycles. The highest BCUT2D eigenvalue weighted by molar-refractivity contribution is 6.30. The first-order valence-corrected chi connectivity index (χ1v) is 9.37. The van der Waals surface area contributed by atoms with Gasteiger partial charge in [-0.25, -0.2) is 0 Å². The second kappa shape index (κ2) is 11.1. The van der Waals surface area contributed by atoms with Gasteiger partial charge < -0.3 is 15.4 Å². The summed E-state index contributed by atoms with van der Waals surface area (Å²) >= 11 is 5.86. The van der Waals surface area contributed by atoms with Gasteiger partial charge in [-0.05, 0) is 37.1 Å². The number of carbonyl (C=O) groups excluding carboxylic acids is 3. The molecule has 0 fully saturated rings. The van der Waals surface area contributed by atoms with Gasteiger partial charge in [0.1, 0.15) is 0 Å². The van der Waals surface area contributed by atoms with E-state index < -0.39 is 5.97 Å². The van der Waals surface area contributed by atoms with E-state index in [1.165, 1.54) is 0 Å². The number of hydrogen-bond acceptors (Lipinski definition) is 4. The number of hydrogen-bond donors (Lipinski definition) is 2. The van der Waals surface area contributed by atoms with Gasteiger partial charge in [0.2, 0.25) is 5.91 Å². The Balaban J connectivity index is 1.61. The van der Waals surface area contributed by atoms with Crippen LogP contribution in [-0.4, -0.2) is 24.4 Å². The third-order valence-corrected chi connectivity index (χ3v) is 4.17. The Hall–Kier alpha value is -2.86. The molecule has 0 aromatic heterocycles. The highest BCUT2D eigenvalue weighted by Crippen LogP contribution is 2.15. The smallest absolute Gasteiger partial charge is 0.306 e. The van der Waals surface area contributed by atoms with Crippen molar-refractivity contribution in [2.45, 2.75) is 32.2 Å². The van der Waals surface area contributed by atoms with E-state index in [0.29, 0.717) is 17.1 Å². The number of rotatable bonds is 9. The van der Waals surface area contributed by atoms with E-state index in [2.05, 4.69) is 10.6 Å². The van der Waals surface area contributed by atoms with Crippen molar-refractivity contribution in [1.82, 2.24) is 5.32 Å². The number of esters is 1. The van der Waals surface area contributed by atoms with Gasteiger partial charge in [0.25, 0.3) is 5.91 Å².